The lowest BCUT2D eigenvalue weighted by Gasteiger charge is -2.09. The molecular weight excluding hydrogens is 286 g/mol. The van der Waals surface area contributed by atoms with Crippen LogP contribution in [0, 0.1) is 17.3 Å². The summed E-state index contributed by atoms with van der Waals surface area (Å²) >= 11 is 0. The topological polar surface area (TPSA) is 84.9 Å². The minimum Gasteiger partial charge on any atom is -0.497 e. The van der Waals surface area contributed by atoms with Crippen molar-refractivity contribution in [3.8, 4) is 11.5 Å². The van der Waals surface area contributed by atoms with Crippen LogP contribution in [-0.4, -0.2) is 37.2 Å². The number of ether oxygens (including phenoxy) is 2. The van der Waals surface area contributed by atoms with Gasteiger partial charge in [-0.25, -0.2) is 0 Å². The van der Waals surface area contributed by atoms with Gasteiger partial charge in [-0.2, -0.15) is 0 Å². The van der Waals surface area contributed by atoms with Crippen molar-refractivity contribution in [2.45, 2.75) is 13.8 Å². The van der Waals surface area contributed by atoms with E-state index >= 15 is 0 Å². The minimum absolute atomic E-state index is 0.226. The maximum Gasteiger partial charge on any atom is 0.307 e. The van der Waals surface area contributed by atoms with Gasteiger partial charge in [0.15, 0.2) is 0 Å². The molecule has 1 amide bonds. The molecule has 2 N–H and O–H groups in total. The number of hydrogen-bond acceptors (Lipinski definition) is 4. The van der Waals surface area contributed by atoms with E-state index in [9.17, 15) is 9.59 Å². The Hall–Kier alpha value is -2.24. The molecule has 6 nitrogen and oxygen atoms in total. The van der Waals surface area contributed by atoms with Crippen molar-refractivity contribution in [3.63, 3.8) is 0 Å². The summed E-state index contributed by atoms with van der Waals surface area (Å²) in [6.07, 6.45) is 0. The number of carboxylic acid groups (broad SMARTS) is 1. The largest absolute Gasteiger partial charge is 0.497 e. The van der Waals surface area contributed by atoms with E-state index in [0.29, 0.717) is 18.9 Å². The highest BCUT2D eigenvalue weighted by molar-refractivity contribution is 5.91. The van der Waals surface area contributed by atoms with Crippen molar-refractivity contribution in [3.05, 3.63) is 24.3 Å². The first-order valence-corrected chi connectivity index (χ1v) is 7.15. The Kier molecular flexibility index (Phi) is 4.59. The van der Waals surface area contributed by atoms with Gasteiger partial charge in [0.2, 0.25) is 5.91 Å². The Morgan fingerprint density at radius 2 is 1.77 bits per heavy atom. The number of hydrogen-bond donors (Lipinski definition) is 2. The number of carbonyl (C=O) groups is 2. The first-order chi connectivity index (χ1) is 10.4. The summed E-state index contributed by atoms with van der Waals surface area (Å²) in [6, 6.07) is 7.15. The third-order valence-electron chi connectivity index (χ3n) is 4.11. The molecule has 0 bridgehead atoms. The quantitative estimate of drug-likeness (QED) is 0.747. The van der Waals surface area contributed by atoms with Gasteiger partial charge in [0.1, 0.15) is 18.1 Å². The number of amides is 1. The van der Waals surface area contributed by atoms with Crippen LogP contribution in [0.5, 0.6) is 11.5 Å². The molecule has 1 saturated carbocycles. The van der Waals surface area contributed by atoms with Gasteiger partial charge in [-0.15, -0.1) is 0 Å². The average Bonchev–Trinajstić information content (AvgIpc) is 3.07. The van der Waals surface area contributed by atoms with Crippen molar-refractivity contribution in [1.29, 1.82) is 0 Å². The summed E-state index contributed by atoms with van der Waals surface area (Å²) < 4.78 is 10.5. The van der Waals surface area contributed by atoms with Crippen LogP contribution in [0.4, 0.5) is 0 Å². The maximum atomic E-state index is 12.0. The highest BCUT2D eigenvalue weighted by Gasteiger charge is 2.65. The lowest BCUT2D eigenvalue weighted by Crippen LogP contribution is -2.31. The summed E-state index contributed by atoms with van der Waals surface area (Å²) in [7, 11) is 1.59. The van der Waals surface area contributed by atoms with E-state index < -0.39 is 23.2 Å². The summed E-state index contributed by atoms with van der Waals surface area (Å²) in [5.74, 6) is -0.780. The number of methoxy groups -OCH3 is 1. The van der Waals surface area contributed by atoms with E-state index in [4.69, 9.17) is 14.6 Å². The van der Waals surface area contributed by atoms with Crippen molar-refractivity contribution < 1.29 is 24.2 Å². The molecule has 1 aliphatic rings. The molecule has 0 aromatic heterocycles. The van der Waals surface area contributed by atoms with Gasteiger partial charge in [0, 0.05) is 0 Å². The molecular formula is C16H21NO5. The van der Waals surface area contributed by atoms with Crippen LogP contribution in [0.25, 0.3) is 0 Å². The molecule has 0 radical (unpaired) electrons. The standard InChI is InChI=1S/C16H21NO5/c1-16(2)12(13(16)15(19)20)14(18)17-8-9-22-11-6-4-10(21-3)5-7-11/h4-7,12-13H,8-9H2,1-3H3,(H,17,18)(H,19,20)/t12-,13+/m0/s1. The molecule has 1 fully saturated rings. The number of rotatable bonds is 7. The molecule has 120 valence electrons. The van der Waals surface area contributed by atoms with E-state index in [2.05, 4.69) is 5.32 Å². The Morgan fingerprint density at radius 3 is 2.27 bits per heavy atom. The fourth-order valence-electron chi connectivity index (χ4n) is 2.71. The molecule has 0 saturated heterocycles. The zero-order valence-corrected chi connectivity index (χ0v) is 13.0. The molecule has 0 heterocycles. The van der Waals surface area contributed by atoms with Crippen LogP contribution in [0.15, 0.2) is 24.3 Å². The fraction of sp³-hybridized carbons (Fsp3) is 0.500. The molecule has 1 aliphatic carbocycles. The fourth-order valence-corrected chi connectivity index (χ4v) is 2.71. The Balaban J connectivity index is 1.73. The molecule has 2 atom stereocenters. The van der Waals surface area contributed by atoms with Crippen LogP contribution in [-0.2, 0) is 9.59 Å². The van der Waals surface area contributed by atoms with Crippen molar-refractivity contribution in [2.24, 2.45) is 17.3 Å². The molecule has 1 aromatic carbocycles. The third-order valence-corrected chi connectivity index (χ3v) is 4.11. The van der Waals surface area contributed by atoms with Gasteiger partial charge >= 0.3 is 5.97 Å². The molecule has 6 heteroatoms. The van der Waals surface area contributed by atoms with E-state index in [-0.39, 0.29) is 5.91 Å². The smallest absolute Gasteiger partial charge is 0.307 e. The van der Waals surface area contributed by atoms with E-state index in [0.717, 1.165) is 5.75 Å². The van der Waals surface area contributed by atoms with Crippen molar-refractivity contribution in [2.75, 3.05) is 20.3 Å². The van der Waals surface area contributed by atoms with Crippen LogP contribution in [0.2, 0.25) is 0 Å². The number of carboxylic acids is 1. The first-order valence-electron chi connectivity index (χ1n) is 7.15. The van der Waals surface area contributed by atoms with Gasteiger partial charge in [0.05, 0.1) is 25.5 Å². The van der Waals surface area contributed by atoms with Crippen molar-refractivity contribution >= 4 is 11.9 Å². The minimum atomic E-state index is -0.917. The van der Waals surface area contributed by atoms with E-state index in [1.54, 1.807) is 45.2 Å². The van der Waals surface area contributed by atoms with Gasteiger partial charge < -0.3 is 19.9 Å². The zero-order valence-electron chi connectivity index (χ0n) is 13.0. The SMILES string of the molecule is COc1ccc(OCCNC(=O)[C@@H]2[C@H](C(=O)O)C2(C)C)cc1. The normalized spacial score (nSPS) is 21.8. The second-order valence-corrected chi connectivity index (χ2v) is 5.93. The molecule has 2 rings (SSSR count). The van der Waals surface area contributed by atoms with E-state index in [1.807, 2.05) is 0 Å². The summed E-state index contributed by atoms with van der Waals surface area (Å²) in [5, 5.41) is 11.8. The maximum absolute atomic E-state index is 12.0. The van der Waals surface area contributed by atoms with Crippen LogP contribution >= 0.6 is 0 Å². The molecule has 0 spiro atoms. The summed E-state index contributed by atoms with van der Waals surface area (Å²) in [6.45, 7) is 4.25. The van der Waals surface area contributed by atoms with Crippen LogP contribution in [0.3, 0.4) is 0 Å². The Labute approximate surface area is 129 Å². The predicted octanol–water partition coefficient (Wildman–Crippen LogP) is 1.55. The number of nitrogens with one attached hydrogen (secondary N) is 1. The first kappa shape index (κ1) is 16.1. The third kappa shape index (κ3) is 3.32. The van der Waals surface area contributed by atoms with Crippen LogP contribution in [0.1, 0.15) is 13.8 Å². The second-order valence-electron chi connectivity index (χ2n) is 5.93. The monoisotopic (exact) mass is 307 g/mol. The second kappa shape index (κ2) is 6.25. The molecule has 0 unspecified atom stereocenters. The van der Waals surface area contributed by atoms with Crippen LogP contribution < -0.4 is 14.8 Å². The molecule has 22 heavy (non-hydrogen) atoms. The van der Waals surface area contributed by atoms with Gasteiger partial charge in [0.25, 0.3) is 0 Å². The van der Waals surface area contributed by atoms with Gasteiger partial charge in [-0.1, -0.05) is 13.8 Å². The Morgan fingerprint density at radius 1 is 1.18 bits per heavy atom. The lowest BCUT2D eigenvalue weighted by molar-refractivity contribution is -0.140. The average molecular weight is 307 g/mol. The predicted molar refractivity (Wildman–Crippen MR) is 79.9 cm³/mol. The highest BCUT2D eigenvalue weighted by Crippen LogP contribution is 2.58. The zero-order chi connectivity index (χ0) is 16.3. The number of carbonyl (C=O) groups excluding carboxylic acids is 1. The van der Waals surface area contributed by atoms with Gasteiger partial charge in [-0.05, 0) is 29.7 Å². The Bertz CT molecular complexity index is 552. The lowest BCUT2D eigenvalue weighted by atomic mass is 10.1. The number of benzene rings is 1. The van der Waals surface area contributed by atoms with Gasteiger partial charge in [-0.3, -0.25) is 9.59 Å². The van der Waals surface area contributed by atoms with Crippen molar-refractivity contribution in [1.82, 2.24) is 5.32 Å². The molecule has 0 aliphatic heterocycles. The molecule has 1 aromatic rings. The summed E-state index contributed by atoms with van der Waals surface area (Å²) in [4.78, 5) is 23.0. The van der Waals surface area contributed by atoms with E-state index in [1.165, 1.54) is 0 Å². The highest BCUT2D eigenvalue weighted by atomic mass is 16.5. The summed E-state index contributed by atoms with van der Waals surface area (Å²) in [5.41, 5.74) is -0.479. The number of aliphatic carboxylic acids is 1.